The molecule has 0 amide bonds. The highest BCUT2D eigenvalue weighted by Crippen LogP contribution is 2.44. The summed E-state index contributed by atoms with van der Waals surface area (Å²) < 4.78 is 11.9. The Morgan fingerprint density at radius 3 is 2.29 bits per heavy atom. The van der Waals surface area contributed by atoms with Crippen LogP contribution in [0.1, 0.15) is 56.1 Å². The number of esters is 1. The van der Waals surface area contributed by atoms with Gasteiger partial charge in [0.1, 0.15) is 11.3 Å². The molecule has 5 nitrogen and oxygen atoms in total. The van der Waals surface area contributed by atoms with E-state index in [2.05, 4.69) is 50.8 Å². The Morgan fingerprint density at radius 1 is 0.914 bits per heavy atom. The summed E-state index contributed by atoms with van der Waals surface area (Å²) in [6, 6.07) is 15.8. The second-order valence-electron chi connectivity index (χ2n) is 8.56. The van der Waals surface area contributed by atoms with Gasteiger partial charge in [-0.1, -0.05) is 32.0 Å². The van der Waals surface area contributed by atoms with Crippen LogP contribution >= 0.6 is 0 Å². The van der Waals surface area contributed by atoms with Crippen molar-refractivity contribution in [1.82, 2.24) is 0 Å². The molecule has 1 aliphatic heterocycles. The van der Waals surface area contributed by atoms with Gasteiger partial charge in [-0.3, -0.25) is 0 Å². The second kappa shape index (κ2) is 10.3. The van der Waals surface area contributed by atoms with Crippen LogP contribution in [0.4, 0.5) is 5.69 Å². The predicted octanol–water partition coefficient (Wildman–Crippen LogP) is 6.83. The number of anilines is 1. The van der Waals surface area contributed by atoms with Crippen molar-refractivity contribution in [1.29, 1.82) is 5.41 Å². The molecular weight excluding hydrogens is 436 g/mol. The van der Waals surface area contributed by atoms with E-state index in [0.717, 1.165) is 70.4 Å². The lowest BCUT2D eigenvalue weighted by molar-refractivity contribution is 0.0527. The first-order chi connectivity index (χ1) is 17.0. The SMILES string of the molecule is CCOC(=O)c1ccccc1-c1c2c(CC)c(CC)c(=N)cc-2oc2cc(N(CC)CC)ccc12. The minimum Gasteiger partial charge on any atom is -0.462 e. The largest absolute Gasteiger partial charge is 0.462 e. The number of hydrogen-bond acceptors (Lipinski definition) is 5. The minimum absolute atomic E-state index is 0.314. The third-order valence-corrected chi connectivity index (χ3v) is 6.74. The second-order valence-corrected chi connectivity index (χ2v) is 8.56. The van der Waals surface area contributed by atoms with E-state index in [4.69, 9.17) is 14.6 Å². The summed E-state index contributed by atoms with van der Waals surface area (Å²) in [6.45, 7) is 12.4. The Morgan fingerprint density at radius 2 is 1.63 bits per heavy atom. The lowest BCUT2D eigenvalue weighted by Gasteiger charge is -2.24. The van der Waals surface area contributed by atoms with Gasteiger partial charge >= 0.3 is 5.97 Å². The number of rotatable bonds is 8. The zero-order chi connectivity index (χ0) is 25.1. The van der Waals surface area contributed by atoms with E-state index in [1.165, 1.54) is 0 Å². The summed E-state index contributed by atoms with van der Waals surface area (Å²) >= 11 is 0. The number of benzene rings is 3. The summed E-state index contributed by atoms with van der Waals surface area (Å²) in [5.74, 6) is 0.331. The molecule has 0 saturated carbocycles. The summed E-state index contributed by atoms with van der Waals surface area (Å²) in [5, 5.41) is 10.1. The molecule has 0 bridgehead atoms. The van der Waals surface area contributed by atoms with E-state index in [-0.39, 0.29) is 5.97 Å². The van der Waals surface area contributed by atoms with Gasteiger partial charge in [0.25, 0.3) is 0 Å². The maximum atomic E-state index is 13.0. The van der Waals surface area contributed by atoms with Crippen molar-refractivity contribution in [2.24, 2.45) is 0 Å². The van der Waals surface area contributed by atoms with Crippen molar-refractivity contribution in [2.45, 2.75) is 47.5 Å². The standard InChI is InChI=1S/C30H34N2O3/c1-6-20-21(7-2)29-27(18-25(20)31)35-26-17-19(32(8-3)9-4)15-16-24(26)28(29)22-13-11-12-14-23(22)30(33)34-10-5/h11-18,31H,6-10H2,1-5H3. The molecule has 1 N–H and O–H groups in total. The van der Waals surface area contributed by atoms with Gasteiger partial charge in [0.15, 0.2) is 0 Å². The third kappa shape index (κ3) is 4.31. The average molecular weight is 471 g/mol. The zero-order valence-electron chi connectivity index (χ0n) is 21.3. The molecule has 1 aliphatic carbocycles. The summed E-state index contributed by atoms with van der Waals surface area (Å²) in [7, 11) is 0. The molecule has 0 radical (unpaired) electrons. The Kier molecular flexibility index (Phi) is 7.25. The summed E-state index contributed by atoms with van der Waals surface area (Å²) in [5.41, 5.74) is 7.23. The molecule has 0 unspecified atom stereocenters. The van der Waals surface area contributed by atoms with Crippen LogP contribution in [0.15, 0.2) is 52.9 Å². The molecule has 0 saturated heterocycles. The van der Waals surface area contributed by atoms with Crippen LogP contribution in [0.5, 0.6) is 0 Å². The molecule has 2 aromatic carbocycles. The maximum Gasteiger partial charge on any atom is 0.338 e. The van der Waals surface area contributed by atoms with Crippen LogP contribution in [-0.4, -0.2) is 25.7 Å². The van der Waals surface area contributed by atoms with Gasteiger partial charge in [0.05, 0.1) is 17.5 Å². The minimum atomic E-state index is -0.337. The van der Waals surface area contributed by atoms with Crippen molar-refractivity contribution in [3.63, 3.8) is 0 Å². The first kappa shape index (κ1) is 24.5. The van der Waals surface area contributed by atoms with E-state index >= 15 is 0 Å². The highest BCUT2D eigenvalue weighted by Gasteiger charge is 2.26. The molecule has 4 rings (SSSR count). The van der Waals surface area contributed by atoms with E-state index in [1.54, 1.807) is 0 Å². The van der Waals surface area contributed by atoms with Crippen molar-refractivity contribution in [3.8, 4) is 22.5 Å². The monoisotopic (exact) mass is 470 g/mol. The van der Waals surface area contributed by atoms with E-state index in [0.29, 0.717) is 23.3 Å². The number of hydrogen-bond donors (Lipinski definition) is 1. The number of carbonyl (C=O) groups excluding carboxylic acids is 1. The summed E-state index contributed by atoms with van der Waals surface area (Å²) in [6.07, 6.45) is 1.52. The Labute approximate surface area is 207 Å². The van der Waals surface area contributed by atoms with Gasteiger partial charge in [-0.15, -0.1) is 0 Å². The molecular formula is C30H34N2O3. The Hall–Kier alpha value is -3.60. The Balaban J connectivity index is 2.19. The number of ether oxygens (including phenoxy) is 1. The van der Waals surface area contributed by atoms with E-state index < -0.39 is 0 Å². The smallest absolute Gasteiger partial charge is 0.338 e. The molecule has 0 aromatic heterocycles. The topological polar surface area (TPSA) is 66.5 Å². The van der Waals surface area contributed by atoms with Crippen molar-refractivity contribution in [3.05, 3.63) is 70.6 Å². The first-order valence-electron chi connectivity index (χ1n) is 12.6. The number of fused-ring (bicyclic) bond motifs is 2. The van der Waals surface area contributed by atoms with E-state index in [9.17, 15) is 4.79 Å². The van der Waals surface area contributed by atoms with Gasteiger partial charge < -0.3 is 19.5 Å². The van der Waals surface area contributed by atoms with Crippen LogP contribution in [-0.2, 0) is 17.6 Å². The fourth-order valence-electron chi connectivity index (χ4n) is 5.11. The van der Waals surface area contributed by atoms with Crippen molar-refractivity contribution >= 4 is 22.6 Å². The maximum absolute atomic E-state index is 13.0. The van der Waals surface area contributed by atoms with Crippen molar-refractivity contribution in [2.75, 3.05) is 24.6 Å². The van der Waals surface area contributed by atoms with Gasteiger partial charge in [-0.2, -0.15) is 0 Å². The Bertz CT molecular complexity index is 1400. The lowest BCUT2D eigenvalue weighted by Crippen LogP contribution is -2.21. The average Bonchev–Trinajstić information content (AvgIpc) is 2.87. The van der Waals surface area contributed by atoms with Gasteiger partial charge in [-0.05, 0) is 68.5 Å². The highest BCUT2D eigenvalue weighted by atomic mass is 16.5. The van der Waals surface area contributed by atoms with Crippen LogP contribution in [0.25, 0.3) is 33.4 Å². The molecule has 2 aliphatic rings. The molecule has 35 heavy (non-hydrogen) atoms. The fraction of sp³-hybridized carbons (Fsp3) is 0.333. The lowest BCUT2D eigenvalue weighted by atomic mass is 9.85. The zero-order valence-corrected chi connectivity index (χ0v) is 21.3. The third-order valence-electron chi connectivity index (χ3n) is 6.74. The molecule has 1 heterocycles. The molecule has 2 aromatic rings. The van der Waals surface area contributed by atoms with E-state index in [1.807, 2.05) is 37.3 Å². The van der Waals surface area contributed by atoms with Crippen LogP contribution < -0.4 is 10.3 Å². The first-order valence-corrected chi connectivity index (χ1v) is 12.6. The normalized spacial score (nSPS) is 11.2. The quantitative estimate of drug-likeness (QED) is 0.226. The predicted molar refractivity (Wildman–Crippen MR) is 142 cm³/mol. The molecule has 0 fully saturated rings. The van der Waals surface area contributed by atoms with Crippen LogP contribution in [0, 0.1) is 5.41 Å². The van der Waals surface area contributed by atoms with Gasteiger partial charge in [0.2, 0.25) is 0 Å². The van der Waals surface area contributed by atoms with Gasteiger partial charge in [0, 0.05) is 47.4 Å². The highest BCUT2D eigenvalue weighted by molar-refractivity contribution is 6.08. The number of nitrogens with zero attached hydrogens (tertiary/aromatic N) is 1. The molecule has 0 spiro atoms. The fourth-order valence-corrected chi connectivity index (χ4v) is 5.11. The van der Waals surface area contributed by atoms with Crippen LogP contribution in [0.3, 0.4) is 0 Å². The molecule has 0 atom stereocenters. The van der Waals surface area contributed by atoms with Crippen molar-refractivity contribution < 1.29 is 13.9 Å². The molecule has 182 valence electrons. The van der Waals surface area contributed by atoms with Gasteiger partial charge in [-0.25, -0.2) is 4.79 Å². The van der Waals surface area contributed by atoms with Crippen LogP contribution in [0.2, 0.25) is 0 Å². The number of carbonyl (C=O) groups is 1. The summed E-state index contributed by atoms with van der Waals surface area (Å²) in [4.78, 5) is 15.3. The molecule has 5 heteroatoms. The number of nitrogens with one attached hydrogen (secondary N) is 1.